The summed E-state index contributed by atoms with van der Waals surface area (Å²) in [7, 11) is 0. The first kappa shape index (κ1) is 23.1. The van der Waals surface area contributed by atoms with E-state index in [1.807, 2.05) is 6.92 Å². The molecule has 2 fully saturated rings. The molecule has 2 aliphatic rings. The molecule has 0 aromatic heterocycles. The number of nitrogens with one attached hydrogen (secondary N) is 2. The number of benzene rings is 2. The van der Waals surface area contributed by atoms with Gasteiger partial charge in [-0.25, -0.2) is 4.39 Å². The van der Waals surface area contributed by atoms with Crippen molar-refractivity contribution in [3.05, 3.63) is 59.4 Å². The van der Waals surface area contributed by atoms with Crippen molar-refractivity contribution in [1.29, 1.82) is 0 Å². The van der Waals surface area contributed by atoms with Crippen molar-refractivity contribution in [2.75, 3.05) is 16.4 Å². The van der Waals surface area contributed by atoms with Crippen LogP contribution in [0.15, 0.2) is 42.5 Å². The summed E-state index contributed by atoms with van der Waals surface area (Å²) in [6, 6.07) is 7.06. The smallest absolute Gasteiger partial charge is 0.324 e. The highest BCUT2D eigenvalue weighted by molar-refractivity contribution is 8.01. The molecule has 11 heteroatoms. The molecule has 0 bridgehead atoms. The maximum absolute atomic E-state index is 13.8. The lowest BCUT2D eigenvalue weighted by Gasteiger charge is -2.30. The van der Waals surface area contributed by atoms with Gasteiger partial charge in [-0.1, -0.05) is 12.1 Å². The van der Waals surface area contributed by atoms with Gasteiger partial charge in [-0.3, -0.25) is 14.4 Å². The van der Waals surface area contributed by atoms with Gasteiger partial charge in [-0.2, -0.15) is 13.2 Å². The number of carbonyl (C=O) groups is 3. The van der Waals surface area contributed by atoms with Gasteiger partial charge in [0.2, 0.25) is 11.8 Å². The lowest BCUT2D eigenvalue weighted by atomic mass is 10.1. The van der Waals surface area contributed by atoms with Crippen LogP contribution in [0.3, 0.4) is 0 Å². The molecule has 2 aliphatic heterocycles. The van der Waals surface area contributed by atoms with Crippen molar-refractivity contribution in [3.8, 4) is 0 Å². The largest absolute Gasteiger partial charge is 0.418 e. The van der Waals surface area contributed by atoms with Gasteiger partial charge in [0.25, 0.3) is 5.91 Å². The Labute approximate surface area is 190 Å². The monoisotopic (exact) mass is 481 g/mol. The molecule has 33 heavy (non-hydrogen) atoms. The fourth-order valence-electron chi connectivity index (χ4n) is 4.04. The van der Waals surface area contributed by atoms with Crippen LogP contribution in [0.1, 0.15) is 35.7 Å². The van der Waals surface area contributed by atoms with Crippen LogP contribution in [-0.4, -0.2) is 39.3 Å². The molecule has 2 aromatic rings. The highest BCUT2D eigenvalue weighted by Gasteiger charge is 2.53. The maximum atomic E-state index is 13.8. The van der Waals surface area contributed by atoms with Crippen molar-refractivity contribution in [2.24, 2.45) is 0 Å². The van der Waals surface area contributed by atoms with Gasteiger partial charge in [0.1, 0.15) is 11.9 Å². The van der Waals surface area contributed by atoms with Crippen LogP contribution < -0.4 is 10.6 Å². The number of thioether (sulfide) groups is 1. The van der Waals surface area contributed by atoms with Crippen molar-refractivity contribution in [2.45, 2.75) is 36.9 Å². The van der Waals surface area contributed by atoms with E-state index >= 15 is 0 Å². The maximum Gasteiger partial charge on any atom is 0.418 e. The first-order valence-corrected chi connectivity index (χ1v) is 11.0. The number of alkyl halides is 3. The number of nitrogens with zero attached hydrogens (tertiary/aromatic N) is 1. The summed E-state index contributed by atoms with van der Waals surface area (Å²) >= 11 is 1.43. The SMILES string of the molecule is CC12CCC(=O)N1C(C(=O)Nc1ccc(NC(=O)c3ccccc3F)cc1C(F)(F)F)CS2. The zero-order chi connectivity index (χ0) is 24.0. The van der Waals surface area contributed by atoms with E-state index in [9.17, 15) is 31.9 Å². The van der Waals surface area contributed by atoms with Crippen LogP contribution in [-0.2, 0) is 15.8 Å². The molecule has 4 rings (SSSR count). The highest BCUT2D eigenvalue weighted by Crippen LogP contribution is 2.47. The first-order chi connectivity index (χ1) is 15.5. The van der Waals surface area contributed by atoms with Crippen LogP contribution in [0.2, 0.25) is 0 Å². The summed E-state index contributed by atoms with van der Waals surface area (Å²) < 4.78 is 55.0. The molecule has 0 radical (unpaired) electrons. The second-order valence-electron chi connectivity index (χ2n) is 7.95. The summed E-state index contributed by atoms with van der Waals surface area (Å²) in [5, 5.41) is 4.53. The zero-order valence-corrected chi connectivity index (χ0v) is 18.1. The van der Waals surface area contributed by atoms with Crippen molar-refractivity contribution >= 4 is 40.9 Å². The molecule has 0 aliphatic carbocycles. The van der Waals surface area contributed by atoms with Gasteiger partial charge < -0.3 is 15.5 Å². The molecule has 3 amide bonds. The van der Waals surface area contributed by atoms with Gasteiger partial charge in [0.15, 0.2) is 0 Å². The average molecular weight is 481 g/mol. The normalized spacial score (nSPS) is 22.3. The van der Waals surface area contributed by atoms with Gasteiger partial charge in [0.05, 0.1) is 21.7 Å². The predicted molar refractivity (Wildman–Crippen MR) is 115 cm³/mol. The molecule has 0 saturated carbocycles. The molecule has 174 valence electrons. The third-order valence-corrected chi connectivity index (χ3v) is 7.21. The Morgan fingerprint density at radius 2 is 1.88 bits per heavy atom. The Morgan fingerprint density at radius 1 is 1.15 bits per heavy atom. The Hall–Kier alpha value is -3.08. The first-order valence-electron chi connectivity index (χ1n) is 10.0. The Balaban J connectivity index is 1.56. The number of carbonyl (C=O) groups excluding carboxylic acids is 3. The number of halogens is 4. The summed E-state index contributed by atoms with van der Waals surface area (Å²) in [6.45, 7) is 1.84. The summed E-state index contributed by atoms with van der Waals surface area (Å²) in [6.07, 6.45) is -3.98. The molecule has 2 N–H and O–H groups in total. The standard InChI is InChI=1S/C22H19F4N3O3S/c1-21-9-8-18(30)29(21)17(11-33-21)20(32)28-16-7-6-12(10-14(16)22(24,25)26)27-19(31)13-4-2-3-5-15(13)23/h2-7,10,17H,8-9,11H2,1H3,(H,27,31)(H,28,32). The number of hydrogen-bond donors (Lipinski definition) is 2. The molecule has 2 aromatic carbocycles. The molecule has 2 atom stereocenters. The average Bonchev–Trinajstić information content (AvgIpc) is 3.24. The van der Waals surface area contributed by atoms with Crippen LogP contribution in [0, 0.1) is 5.82 Å². The third kappa shape index (κ3) is 4.41. The van der Waals surface area contributed by atoms with Gasteiger partial charge in [-0.15, -0.1) is 11.8 Å². The second-order valence-corrected chi connectivity index (χ2v) is 9.45. The predicted octanol–water partition coefficient (Wildman–Crippen LogP) is 4.49. The van der Waals surface area contributed by atoms with Gasteiger partial charge >= 0.3 is 6.18 Å². The fourth-order valence-corrected chi connectivity index (χ4v) is 5.47. The minimum absolute atomic E-state index is 0.204. The molecule has 2 unspecified atom stereocenters. The lowest BCUT2D eigenvalue weighted by Crippen LogP contribution is -2.48. The van der Waals surface area contributed by atoms with Crippen LogP contribution in [0.4, 0.5) is 28.9 Å². The van der Waals surface area contributed by atoms with E-state index < -0.39 is 46.0 Å². The fraction of sp³-hybridized carbons (Fsp3) is 0.318. The zero-order valence-electron chi connectivity index (χ0n) is 17.3. The van der Waals surface area contributed by atoms with E-state index in [1.165, 1.54) is 40.9 Å². The molecular formula is C22H19F4N3O3S. The summed E-state index contributed by atoms with van der Waals surface area (Å²) in [5.74, 6) is -2.35. The molecule has 2 heterocycles. The molecule has 6 nitrogen and oxygen atoms in total. The number of hydrogen-bond acceptors (Lipinski definition) is 4. The van der Waals surface area contributed by atoms with Crippen molar-refractivity contribution in [1.82, 2.24) is 4.90 Å². The summed E-state index contributed by atoms with van der Waals surface area (Å²) in [4.78, 5) is 38.2. The van der Waals surface area contributed by atoms with Crippen LogP contribution in [0.25, 0.3) is 0 Å². The number of rotatable bonds is 4. The van der Waals surface area contributed by atoms with E-state index in [0.717, 1.165) is 12.1 Å². The Kier molecular flexibility index (Phi) is 5.85. The van der Waals surface area contributed by atoms with E-state index in [2.05, 4.69) is 10.6 Å². The molecule has 0 spiro atoms. The Bertz CT molecular complexity index is 1140. The third-order valence-electron chi connectivity index (χ3n) is 5.71. The minimum atomic E-state index is -4.84. The highest BCUT2D eigenvalue weighted by atomic mass is 32.2. The summed E-state index contributed by atoms with van der Waals surface area (Å²) in [5.41, 5.74) is -2.21. The second kappa shape index (κ2) is 8.36. The van der Waals surface area contributed by atoms with Crippen molar-refractivity contribution in [3.63, 3.8) is 0 Å². The number of amides is 3. The van der Waals surface area contributed by atoms with Gasteiger partial charge in [-0.05, 0) is 43.7 Å². The Morgan fingerprint density at radius 3 is 2.58 bits per heavy atom. The minimum Gasteiger partial charge on any atom is -0.324 e. The van der Waals surface area contributed by atoms with E-state index in [1.54, 1.807) is 0 Å². The van der Waals surface area contributed by atoms with Gasteiger partial charge in [0, 0.05) is 17.9 Å². The topological polar surface area (TPSA) is 78.5 Å². The number of anilines is 2. The lowest BCUT2D eigenvalue weighted by molar-refractivity contribution is -0.138. The van der Waals surface area contributed by atoms with Crippen LogP contribution in [0.5, 0.6) is 0 Å². The molecule has 2 saturated heterocycles. The van der Waals surface area contributed by atoms with Crippen LogP contribution >= 0.6 is 11.8 Å². The van der Waals surface area contributed by atoms with E-state index in [0.29, 0.717) is 12.5 Å². The van der Waals surface area contributed by atoms with E-state index in [-0.39, 0.29) is 29.3 Å². The number of fused-ring (bicyclic) bond motifs is 1. The van der Waals surface area contributed by atoms with E-state index in [4.69, 9.17) is 0 Å². The quantitative estimate of drug-likeness (QED) is 0.631. The molecular weight excluding hydrogens is 462 g/mol. The van der Waals surface area contributed by atoms with Crippen molar-refractivity contribution < 1.29 is 31.9 Å².